The summed E-state index contributed by atoms with van der Waals surface area (Å²) in [5, 5.41) is 2.81. The van der Waals surface area contributed by atoms with Gasteiger partial charge in [0, 0.05) is 32.8 Å². The van der Waals surface area contributed by atoms with Gasteiger partial charge in [-0.2, -0.15) is 0 Å². The lowest BCUT2D eigenvalue weighted by molar-refractivity contribution is 0.0950. The number of benzene rings is 2. The van der Waals surface area contributed by atoms with Gasteiger partial charge in [0.15, 0.2) is 0 Å². The van der Waals surface area contributed by atoms with Crippen LogP contribution in [0.1, 0.15) is 28.4 Å². The van der Waals surface area contributed by atoms with Crippen molar-refractivity contribution < 1.29 is 17.9 Å². The van der Waals surface area contributed by atoms with Gasteiger partial charge in [-0.05, 0) is 36.2 Å². The summed E-state index contributed by atoms with van der Waals surface area (Å²) in [6, 6.07) is 13.8. The zero-order chi connectivity index (χ0) is 19.2. The predicted octanol–water partition coefficient (Wildman–Crippen LogP) is 2.40. The van der Waals surface area contributed by atoms with E-state index in [1.54, 1.807) is 12.1 Å². The average Bonchev–Trinajstić information content (AvgIpc) is 2.65. The van der Waals surface area contributed by atoms with Gasteiger partial charge in [-0.3, -0.25) is 4.79 Å². The second kappa shape index (κ2) is 8.93. The maximum Gasteiger partial charge on any atom is 0.251 e. The average molecular weight is 376 g/mol. The smallest absolute Gasteiger partial charge is 0.251 e. The molecule has 0 aromatic heterocycles. The minimum Gasteiger partial charge on any atom is -0.377 e. The summed E-state index contributed by atoms with van der Waals surface area (Å²) in [5.41, 5.74) is 2.33. The van der Waals surface area contributed by atoms with Crippen molar-refractivity contribution in [2.24, 2.45) is 0 Å². The third-order valence-electron chi connectivity index (χ3n) is 3.82. The molecule has 0 aliphatic rings. The molecule has 0 heterocycles. The molecule has 0 aliphatic carbocycles. The molecule has 0 saturated heterocycles. The minimum absolute atomic E-state index is 0.0930. The van der Waals surface area contributed by atoms with Crippen LogP contribution in [-0.4, -0.2) is 39.3 Å². The van der Waals surface area contributed by atoms with Gasteiger partial charge in [0.1, 0.15) is 0 Å². The Kier molecular flexibility index (Phi) is 6.90. The molecular weight excluding hydrogens is 352 g/mol. The van der Waals surface area contributed by atoms with E-state index >= 15 is 0 Å². The number of nitrogens with one attached hydrogen (secondary N) is 1. The lowest BCUT2D eigenvalue weighted by atomic mass is 10.1. The summed E-state index contributed by atoms with van der Waals surface area (Å²) in [6.07, 6.45) is 0. The Hall–Kier alpha value is -2.22. The third-order valence-corrected chi connectivity index (χ3v) is 5.63. The van der Waals surface area contributed by atoms with Crippen LogP contribution in [0.5, 0.6) is 0 Å². The van der Waals surface area contributed by atoms with E-state index in [9.17, 15) is 13.2 Å². The molecule has 2 aromatic carbocycles. The van der Waals surface area contributed by atoms with Crippen LogP contribution in [0.3, 0.4) is 0 Å². The summed E-state index contributed by atoms with van der Waals surface area (Å²) < 4.78 is 30.8. The molecule has 2 aromatic rings. The summed E-state index contributed by atoms with van der Waals surface area (Å²) in [6.45, 7) is 3.54. The van der Waals surface area contributed by atoms with Crippen molar-refractivity contribution in [3.8, 4) is 0 Å². The molecule has 0 spiro atoms. The van der Waals surface area contributed by atoms with E-state index in [-0.39, 0.29) is 10.8 Å². The predicted molar refractivity (Wildman–Crippen MR) is 100 cm³/mol. The van der Waals surface area contributed by atoms with Gasteiger partial charge in [-0.1, -0.05) is 30.3 Å². The van der Waals surface area contributed by atoms with Crippen LogP contribution in [0.25, 0.3) is 0 Å². The Balaban J connectivity index is 2.02. The maximum absolute atomic E-state index is 12.3. The first-order chi connectivity index (χ1) is 12.3. The van der Waals surface area contributed by atoms with Crippen molar-refractivity contribution in [1.82, 2.24) is 9.62 Å². The van der Waals surface area contributed by atoms with Gasteiger partial charge in [0.25, 0.3) is 5.91 Å². The normalized spacial score (nSPS) is 11.5. The van der Waals surface area contributed by atoms with Gasteiger partial charge in [-0.15, -0.1) is 0 Å². The van der Waals surface area contributed by atoms with E-state index in [2.05, 4.69) is 5.32 Å². The van der Waals surface area contributed by atoms with Crippen LogP contribution in [-0.2, 0) is 27.9 Å². The van der Waals surface area contributed by atoms with Crippen molar-refractivity contribution in [3.63, 3.8) is 0 Å². The molecule has 26 heavy (non-hydrogen) atoms. The molecule has 0 aliphatic heterocycles. The molecule has 2 rings (SSSR count). The molecule has 0 saturated carbocycles. The Bertz CT molecular complexity index is 846. The van der Waals surface area contributed by atoms with E-state index in [0.717, 1.165) is 15.4 Å². The Morgan fingerprint density at radius 2 is 1.73 bits per heavy atom. The van der Waals surface area contributed by atoms with Gasteiger partial charge in [0.2, 0.25) is 10.0 Å². The van der Waals surface area contributed by atoms with Gasteiger partial charge >= 0.3 is 0 Å². The van der Waals surface area contributed by atoms with Gasteiger partial charge < -0.3 is 10.1 Å². The van der Waals surface area contributed by atoms with Gasteiger partial charge in [-0.25, -0.2) is 12.7 Å². The second-order valence-corrected chi connectivity index (χ2v) is 8.10. The molecule has 1 amide bonds. The molecule has 0 radical (unpaired) electrons. The topological polar surface area (TPSA) is 75.7 Å². The number of ether oxygens (including phenoxy) is 1. The Labute approximate surface area is 154 Å². The van der Waals surface area contributed by atoms with Crippen LogP contribution in [0.4, 0.5) is 0 Å². The van der Waals surface area contributed by atoms with Gasteiger partial charge in [0.05, 0.1) is 11.5 Å². The van der Waals surface area contributed by atoms with Crippen molar-refractivity contribution in [2.45, 2.75) is 25.0 Å². The molecule has 140 valence electrons. The van der Waals surface area contributed by atoms with E-state index < -0.39 is 10.0 Å². The van der Waals surface area contributed by atoms with E-state index in [1.165, 1.54) is 26.2 Å². The number of nitrogens with zero attached hydrogens (tertiary/aromatic N) is 1. The van der Waals surface area contributed by atoms with Crippen molar-refractivity contribution in [2.75, 3.05) is 20.7 Å². The minimum atomic E-state index is -3.57. The Morgan fingerprint density at radius 1 is 1.08 bits per heavy atom. The maximum atomic E-state index is 12.3. The van der Waals surface area contributed by atoms with Crippen LogP contribution >= 0.6 is 0 Å². The molecule has 1 N–H and O–H groups in total. The molecule has 0 fully saturated rings. The summed E-state index contributed by atoms with van der Waals surface area (Å²) in [4.78, 5) is 12.4. The second-order valence-electron chi connectivity index (χ2n) is 5.95. The quantitative estimate of drug-likeness (QED) is 0.768. The Morgan fingerprint density at radius 3 is 2.35 bits per heavy atom. The first-order valence-corrected chi connectivity index (χ1v) is 9.75. The highest BCUT2D eigenvalue weighted by Crippen LogP contribution is 2.15. The van der Waals surface area contributed by atoms with Crippen LogP contribution < -0.4 is 5.32 Å². The fourth-order valence-corrected chi connectivity index (χ4v) is 3.21. The van der Waals surface area contributed by atoms with E-state index in [1.807, 2.05) is 31.2 Å². The number of carbonyl (C=O) groups excluding carboxylic acids is 1. The number of hydrogen-bond donors (Lipinski definition) is 1. The summed E-state index contributed by atoms with van der Waals surface area (Å²) in [7, 11) is -0.660. The fraction of sp³-hybridized carbons (Fsp3) is 0.316. The highest BCUT2D eigenvalue weighted by molar-refractivity contribution is 7.89. The third kappa shape index (κ3) is 5.14. The molecule has 6 nitrogen and oxygen atoms in total. The molecule has 0 bridgehead atoms. The van der Waals surface area contributed by atoms with Crippen LogP contribution in [0.15, 0.2) is 53.4 Å². The van der Waals surface area contributed by atoms with Crippen LogP contribution in [0, 0.1) is 0 Å². The largest absolute Gasteiger partial charge is 0.377 e. The van der Waals surface area contributed by atoms with Crippen molar-refractivity contribution in [3.05, 3.63) is 65.2 Å². The molecule has 0 atom stereocenters. The number of amides is 1. The summed E-state index contributed by atoms with van der Waals surface area (Å²) in [5.74, 6) is -0.320. The lowest BCUT2D eigenvalue weighted by Gasteiger charge is -2.12. The zero-order valence-electron chi connectivity index (χ0n) is 15.2. The fourth-order valence-electron chi connectivity index (χ4n) is 2.27. The zero-order valence-corrected chi connectivity index (χ0v) is 16.0. The SMILES string of the molecule is CCOCc1ccc(CNC(=O)c2cccc(S(=O)(=O)N(C)C)c2)cc1. The highest BCUT2D eigenvalue weighted by Gasteiger charge is 2.18. The van der Waals surface area contributed by atoms with Crippen molar-refractivity contribution in [1.29, 1.82) is 0 Å². The number of carbonyl (C=O) groups is 1. The first kappa shape index (κ1) is 20.1. The monoisotopic (exact) mass is 376 g/mol. The number of sulfonamides is 1. The van der Waals surface area contributed by atoms with E-state index in [4.69, 9.17) is 4.74 Å². The van der Waals surface area contributed by atoms with Crippen molar-refractivity contribution >= 4 is 15.9 Å². The first-order valence-electron chi connectivity index (χ1n) is 8.31. The van der Waals surface area contributed by atoms with Crippen LogP contribution in [0.2, 0.25) is 0 Å². The number of hydrogen-bond acceptors (Lipinski definition) is 4. The number of rotatable bonds is 8. The molecule has 7 heteroatoms. The lowest BCUT2D eigenvalue weighted by Crippen LogP contribution is -2.25. The highest BCUT2D eigenvalue weighted by atomic mass is 32.2. The standard InChI is InChI=1S/C19H24N2O4S/c1-4-25-14-16-10-8-15(9-11-16)13-20-19(22)17-6-5-7-18(12-17)26(23,24)21(2)3/h5-12H,4,13-14H2,1-3H3,(H,20,22). The summed E-state index contributed by atoms with van der Waals surface area (Å²) >= 11 is 0. The van der Waals surface area contributed by atoms with E-state index in [0.29, 0.717) is 25.3 Å². The molecular formula is C19H24N2O4S. The molecule has 0 unspecified atom stereocenters.